The summed E-state index contributed by atoms with van der Waals surface area (Å²) < 4.78 is 1.81. The smallest absolute Gasteiger partial charge is 0.269 e. The zero-order valence-corrected chi connectivity index (χ0v) is 12.3. The van der Waals surface area contributed by atoms with Crippen molar-refractivity contribution in [3.63, 3.8) is 0 Å². The Morgan fingerprint density at radius 1 is 0.913 bits per heavy atom. The van der Waals surface area contributed by atoms with Gasteiger partial charge in [-0.05, 0) is 29.3 Å². The van der Waals surface area contributed by atoms with E-state index in [0.29, 0.717) is 0 Å². The van der Waals surface area contributed by atoms with Crippen LogP contribution < -0.4 is 5.73 Å². The van der Waals surface area contributed by atoms with Gasteiger partial charge >= 0.3 is 0 Å². The van der Waals surface area contributed by atoms with E-state index >= 15 is 0 Å². The molecule has 5 nitrogen and oxygen atoms in total. The van der Waals surface area contributed by atoms with Gasteiger partial charge in [0.25, 0.3) is 5.91 Å². The van der Waals surface area contributed by atoms with Gasteiger partial charge in [-0.25, -0.2) is 4.68 Å². The Hall–Kier alpha value is -3.34. The molecule has 0 spiro atoms. The van der Waals surface area contributed by atoms with Crippen molar-refractivity contribution in [1.82, 2.24) is 14.6 Å². The van der Waals surface area contributed by atoms with Crippen LogP contribution in [0.25, 0.3) is 22.0 Å². The van der Waals surface area contributed by atoms with Gasteiger partial charge in [0.2, 0.25) is 0 Å². The second-order valence-corrected chi connectivity index (χ2v) is 5.23. The lowest BCUT2D eigenvalue weighted by molar-refractivity contribution is 0.0996. The Bertz CT molecular complexity index is 985. The van der Waals surface area contributed by atoms with Crippen LogP contribution in [-0.4, -0.2) is 20.5 Å². The molecule has 0 unspecified atom stereocenters. The summed E-state index contributed by atoms with van der Waals surface area (Å²) in [6.45, 7) is 0. The van der Waals surface area contributed by atoms with Gasteiger partial charge in [0.1, 0.15) is 0 Å². The molecule has 0 saturated heterocycles. The fourth-order valence-corrected chi connectivity index (χ4v) is 2.81. The number of fused-ring (bicyclic) bond motifs is 1. The van der Waals surface area contributed by atoms with Gasteiger partial charge in [-0.15, -0.1) is 5.10 Å². The average molecular weight is 302 g/mol. The van der Waals surface area contributed by atoms with E-state index in [1.807, 2.05) is 77.7 Å². The first-order valence-corrected chi connectivity index (χ1v) is 7.26. The second-order valence-electron chi connectivity index (χ2n) is 5.23. The molecule has 0 aliphatic rings. The number of hydrogen-bond acceptors (Lipinski definition) is 2. The van der Waals surface area contributed by atoms with Gasteiger partial charge in [0, 0.05) is 17.8 Å². The van der Waals surface area contributed by atoms with Gasteiger partial charge < -0.3 is 5.73 Å². The predicted octanol–water partition coefficient (Wildman–Crippen LogP) is 2.92. The monoisotopic (exact) mass is 302 g/mol. The maximum Gasteiger partial charge on any atom is 0.269 e. The van der Waals surface area contributed by atoms with E-state index in [4.69, 9.17) is 5.73 Å². The first-order valence-electron chi connectivity index (χ1n) is 7.26. The average Bonchev–Trinajstić information content (AvgIpc) is 3.22. The summed E-state index contributed by atoms with van der Waals surface area (Å²) in [5.74, 6) is -0.538. The minimum absolute atomic E-state index is 0.271. The van der Waals surface area contributed by atoms with Gasteiger partial charge in [-0.3, -0.25) is 4.79 Å². The van der Waals surface area contributed by atoms with Crippen LogP contribution in [-0.2, 0) is 0 Å². The van der Waals surface area contributed by atoms with Gasteiger partial charge in [0.15, 0.2) is 5.69 Å². The number of nitrogens with zero attached hydrogens (tertiary/aromatic N) is 3. The molecule has 1 amide bonds. The third-order valence-corrected chi connectivity index (χ3v) is 3.82. The van der Waals surface area contributed by atoms with E-state index in [1.54, 1.807) is 4.79 Å². The highest BCUT2D eigenvalue weighted by molar-refractivity contribution is 6.09. The predicted molar refractivity (Wildman–Crippen MR) is 88.9 cm³/mol. The van der Waals surface area contributed by atoms with Crippen LogP contribution in [0.4, 0.5) is 0 Å². The molecule has 0 saturated carbocycles. The van der Waals surface area contributed by atoms with Crippen molar-refractivity contribution in [1.29, 1.82) is 0 Å². The number of nitrogens with two attached hydrogens (primary N) is 1. The first kappa shape index (κ1) is 13.3. The minimum atomic E-state index is -0.538. The quantitative estimate of drug-likeness (QED) is 0.632. The molecule has 0 bridgehead atoms. The molecule has 0 fully saturated rings. The Balaban J connectivity index is 2.09. The zero-order valence-electron chi connectivity index (χ0n) is 12.3. The number of benzene rings is 2. The van der Waals surface area contributed by atoms with Crippen molar-refractivity contribution in [3.8, 4) is 11.1 Å². The molecule has 2 aromatic carbocycles. The summed E-state index contributed by atoms with van der Waals surface area (Å²) in [4.78, 5) is 13.6. The summed E-state index contributed by atoms with van der Waals surface area (Å²) in [6, 6.07) is 19.6. The van der Waals surface area contributed by atoms with E-state index in [0.717, 1.165) is 22.0 Å². The van der Waals surface area contributed by atoms with Gasteiger partial charge in [0.05, 0.1) is 5.52 Å². The van der Waals surface area contributed by atoms with Crippen LogP contribution in [0.5, 0.6) is 0 Å². The Labute approximate surface area is 132 Å². The fraction of sp³-hybridized carbons (Fsp3) is 0. The van der Waals surface area contributed by atoms with Crippen molar-refractivity contribution >= 4 is 16.8 Å². The SMILES string of the molecule is NC(=O)c1nn(-n2cccc2)c2cccc(-c3ccccc3)c12. The van der Waals surface area contributed by atoms with E-state index in [1.165, 1.54) is 0 Å². The number of carbonyl (C=O) groups excluding carboxylic acids is 1. The molecule has 0 aliphatic heterocycles. The third-order valence-electron chi connectivity index (χ3n) is 3.82. The number of rotatable bonds is 3. The van der Waals surface area contributed by atoms with E-state index in [2.05, 4.69) is 5.10 Å². The summed E-state index contributed by atoms with van der Waals surface area (Å²) in [7, 11) is 0. The topological polar surface area (TPSA) is 65.8 Å². The Kier molecular flexibility index (Phi) is 2.98. The lowest BCUT2D eigenvalue weighted by Gasteiger charge is -2.06. The van der Waals surface area contributed by atoms with Crippen LogP contribution in [0.15, 0.2) is 73.1 Å². The minimum Gasteiger partial charge on any atom is -0.364 e. The standard InChI is InChI=1S/C18H14N4O/c19-18(23)17-16-14(13-7-2-1-3-8-13)9-6-10-15(16)22(20-17)21-11-4-5-12-21/h1-12H,(H2,19,23). The Morgan fingerprint density at radius 3 is 2.35 bits per heavy atom. The summed E-state index contributed by atoms with van der Waals surface area (Å²) in [5, 5.41) is 5.19. The molecule has 0 radical (unpaired) electrons. The third kappa shape index (κ3) is 2.10. The van der Waals surface area contributed by atoms with Gasteiger partial charge in [-0.1, -0.05) is 42.5 Å². The maximum atomic E-state index is 11.9. The fourth-order valence-electron chi connectivity index (χ4n) is 2.81. The summed E-state index contributed by atoms with van der Waals surface area (Å²) in [6.07, 6.45) is 3.73. The Morgan fingerprint density at radius 2 is 1.65 bits per heavy atom. The van der Waals surface area contributed by atoms with Crippen LogP contribution in [0.3, 0.4) is 0 Å². The molecule has 23 heavy (non-hydrogen) atoms. The second kappa shape index (κ2) is 5.14. The largest absolute Gasteiger partial charge is 0.364 e. The van der Waals surface area contributed by atoms with Crippen LogP contribution >= 0.6 is 0 Å². The highest BCUT2D eigenvalue weighted by Gasteiger charge is 2.19. The maximum absolute atomic E-state index is 11.9. The van der Waals surface area contributed by atoms with E-state index < -0.39 is 5.91 Å². The molecule has 112 valence electrons. The first-order chi connectivity index (χ1) is 11.3. The van der Waals surface area contributed by atoms with Gasteiger partial charge in [-0.2, -0.15) is 4.79 Å². The van der Waals surface area contributed by atoms with Crippen molar-refractivity contribution in [2.75, 3.05) is 0 Å². The number of aromatic nitrogens is 3. The van der Waals surface area contributed by atoms with E-state index in [9.17, 15) is 4.79 Å². The number of hydrogen-bond donors (Lipinski definition) is 1. The highest BCUT2D eigenvalue weighted by atomic mass is 16.1. The molecule has 0 atom stereocenters. The summed E-state index contributed by atoms with van der Waals surface area (Å²) in [5.41, 5.74) is 8.63. The van der Waals surface area contributed by atoms with Crippen LogP contribution in [0.1, 0.15) is 10.5 Å². The van der Waals surface area contributed by atoms with Crippen LogP contribution in [0.2, 0.25) is 0 Å². The highest BCUT2D eigenvalue weighted by Crippen LogP contribution is 2.31. The molecule has 4 rings (SSSR count). The van der Waals surface area contributed by atoms with Crippen LogP contribution in [0, 0.1) is 0 Å². The molecule has 0 aliphatic carbocycles. The normalized spacial score (nSPS) is 11.0. The summed E-state index contributed by atoms with van der Waals surface area (Å²) >= 11 is 0. The van der Waals surface area contributed by atoms with E-state index in [-0.39, 0.29) is 5.69 Å². The zero-order chi connectivity index (χ0) is 15.8. The molecular weight excluding hydrogens is 288 g/mol. The molecule has 2 aromatic heterocycles. The molecular formula is C18H14N4O. The number of primary amides is 1. The van der Waals surface area contributed by atoms with Crippen molar-refractivity contribution in [2.45, 2.75) is 0 Å². The molecule has 5 heteroatoms. The van der Waals surface area contributed by atoms with Crippen molar-refractivity contribution < 1.29 is 4.79 Å². The van der Waals surface area contributed by atoms with Crippen molar-refractivity contribution in [3.05, 3.63) is 78.8 Å². The lowest BCUT2D eigenvalue weighted by Crippen LogP contribution is -2.14. The molecule has 4 aromatic rings. The lowest BCUT2D eigenvalue weighted by atomic mass is 10.00. The molecule has 2 N–H and O–H groups in total. The van der Waals surface area contributed by atoms with Crippen molar-refractivity contribution in [2.24, 2.45) is 5.73 Å². The number of carbonyl (C=O) groups is 1. The molecule has 2 heterocycles. The number of amides is 1.